The summed E-state index contributed by atoms with van der Waals surface area (Å²) in [6, 6.07) is 13.7. The number of allylic oxidation sites excluding steroid dienone is 4. The Labute approximate surface area is 223 Å². The molecule has 1 aromatic rings. The minimum absolute atomic E-state index is 0.0577. The van der Waals surface area contributed by atoms with Crippen LogP contribution in [0.15, 0.2) is 54.6 Å². The first-order valence-corrected chi connectivity index (χ1v) is 15.5. The molecule has 1 aromatic carbocycles. The van der Waals surface area contributed by atoms with E-state index < -0.39 is 0 Å². The van der Waals surface area contributed by atoms with Crippen LogP contribution in [0.4, 0.5) is 0 Å². The Bertz CT molecular complexity index is 804. The fourth-order valence-corrected chi connectivity index (χ4v) is 6.81. The second-order valence-corrected chi connectivity index (χ2v) is 12.0. The highest BCUT2D eigenvalue weighted by Gasteiger charge is 2.42. The molecule has 0 N–H and O–H groups in total. The van der Waals surface area contributed by atoms with Crippen molar-refractivity contribution in [2.75, 3.05) is 0 Å². The van der Waals surface area contributed by atoms with Gasteiger partial charge in [-0.3, -0.25) is 0 Å². The van der Waals surface area contributed by atoms with Gasteiger partial charge in [0.15, 0.2) is 0 Å². The van der Waals surface area contributed by atoms with E-state index >= 15 is 0 Å². The predicted molar refractivity (Wildman–Crippen MR) is 156 cm³/mol. The second-order valence-electron chi connectivity index (χ2n) is 12.0. The third-order valence-corrected chi connectivity index (χ3v) is 9.32. The van der Waals surface area contributed by atoms with E-state index in [4.69, 9.17) is 0 Å². The lowest BCUT2D eigenvalue weighted by molar-refractivity contribution is 0.127. The molecule has 1 heteroatoms. The zero-order valence-electron chi connectivity index (χ0n) is 23.5. The highest BCUT2D eigenvalue weighted by Crippen LogP contribution is 2.52. The molecule has 198 valence electrons. The Balaban J connectivity index is 1.61. The minimum atomic E-state index is -0.0577. The van der Waals surface area contributed by atoms with Gasteiger partial charge in [0.1, 0.15) is 0 Å². The number of hydrogen-bond acceptors (Lipinski definition) is 1. The molecule has 0 aromatic heterocycles. The number of benzene rings is 1. The van der Waals surface area contributed by atoms with Gasteiger partial charge in [-0.25, -0.2) is 0 Å². The van der Waals surface area contributed by atoms with Crippen LogP contribution < -0.4 is 0 Å². The molecular weight excluding hydrogens is 434 g/mol. The summed E-state index contributed by atoms with van der Waals surface area (Å²) in [7, 11) is 0. The number of hydrogen-bond donors (Lipinski definition) is 0. The zero-order chi connectivity index (χ0) is 25.5. The summed E-state index contributed by atoms with van der Waals surface area (Å²) in [6.45, 7) is 4.57. The number of unbranched alkanes of at least 4 members (excludes halogenated alkanes) is 10. The van der Waals surface area contributed by atoms with Gasteiger partial charge in [-0.2, -0.15) is 5.26 Å². The van der Waals surface area contributed by atoms with Crippen LogP contribution in [-0.4, -0.2) is 0 Å². The lowest BCUT2D eigenvalue weighted by Crippen LogP contribution is -2.35. The molecule has 1 nitrogen and oxygen atoms in total. The Kier molecular flexibility index (Phi) is 12.3. The molecule has 0 saturated heterocycles. The Hall–Kier alpha value is -1.81. The van der Waals surface area contributed by atoms with Crippen LogP contribution >= 0.6 is 0 Å². The van der Waals surface area contributed by atoms with Crippen molar-refractivity contribution in [2.24, 2.45) is 16.7 Å². The predicted octanol–water partition coefficient (Wildman–Crippen LogP) is 11.1. The van der Waals surface area contributed by atoms with Gasteiger partial charge in [0.05, 0.1) is 11.5 Å². The number of nitrogens with zero attached hydrogens (tertiary/aromatic N) is 1. The summed E-state index contributed by atoms with van der Waals surface area (Å²) >= 11 is 0. The van der Waals surface area contributed by atoms with Crippen LogP contribution in [-0.2, 0) is 0 Å². The summed E-state index contributed by atoms with van der Waals surface area (Å²) in [6.07, 6.45) is 33.3. The fraction of sp³-hybridized carbons (Fsp3) is 0.686. The highest BCUT2D eigenvalue weighted by molar-refractivity contribution is 5.34. The third-order valence-electron chi connectivity index (χ3n) is 9.32. The molecule has 0 bridgehead atoms. The van der Waals surface area contributed by atoms with E-state index in [0.717, 1.165) is 19.3 Å². The SMILES string of the molecule is CCCCCCCCCC1(C2CCC(C#N)(CCCCCCC)CC2)C=CC(c2ccccc2)C=C1. The van der Waals surface area contributed by atoms with Gasteiger partial charge in [-0.15, -0.1) is 0 Å². The van der Waals surface area contributed by atoms with Gasteiger partial charge < -0.3 is 0 Å². The van der Waals surface area contributed by atoms with Crippen LogP contribution in [0, 0.1) is 28.1 Å². The van der Waals surface area contributed by atoms with E-state index in [1.54, 1.807) is 0 Å². The van der Waals surface area contributed by atoms with Crippen molar-refractivity contribution in [3.63, 3.8) is 0 Å². The van der Waals surface area contributed by atoms with E-state index in [-0.39, 0.29) is 10.8 Å². The Morgan fingerprint density at radius 3 is 1.81 bits per heavy atom. The van der Waals surface area contributed by atoms with Gasteiger partial charge in [0, 0.05) is 11.3 Å². The molecule has 3 rings (SSSR count). The molecule has 36 heavy (non-hydrogen) atoms. The first-order valence-electron chi connectivity index (χ1n) is 15.5. The van der Waals surface area contributed by atoms with Crippen molar-refractivity contribution in [3.8, 4) is 6.07 Å². The van der Waals surface area contributed by atoms with Crippen molar-refractivity contribution >= 4 is 0 Å². The lowest BCUT2D eigenvalue weighted by Gasteiger charge is -2.45. The maximum Gasteiger partial charge on any atom is 0.0689 e. The Morgan fingerprint density at radius 2 is 1.25 bits per heavy atom. The molecule has 0 atom stereocenters. The van der Waals surface area contributed by atoms with E-state index in [0.29, 0.717) is 11.8 Å². The van der Waals surface area contributed by atoms with Gasteiger partial charge in [0.25, 0.3) is 0 Å². The fourth-order valence-electron chi connectivity index (χ4n) is 6.81. The molecule has 0 amide bonds. The standard InChI is InChI=1S/C35H53N/c1-3-5-7-9-10-12-17-25-35(28-20-32(21-29-35)31-18-14-13-15-19-31)33-22-26-34(30-36,27-23-33)24-16-11-8-6-4-2/h13-15,18-21,28-29,32-33H,3-12,16-17,22-27H2,1-2H3. The normalized spacial score (nSPS) is 27.7. The first kappa shape index (κ1) is 28.8. The minimum Gasteiger partial charge on any atom is -0.198 e. The van der Waals surface area contributed by atoms with E-state index in [1.807, 2.05) is 0 Å². The molecule has 1 saturated carbocycles. The van der Waals surface area contributed by atoms with Crippen LogP contribution in [0.3, 0.4) is 0 Å². The smallest absolute Gasteiger partial charge is 0.0689 e. The first-order chi connectivity index (χ1) is 17.7. The van der Waals surface area contributed by atoms with E-state index in [2.05, 4.69) is 74.6 Å². The topological polar surface area (TPSA) is 23.8 Å². The van der Waals surface area contributed by atoms with E-state index in [9.17, 15) is 5.26 Å². The van der Waals surface area contributed by atoms with Crippen LogP contribution in [0.2, 0.25) is 0 Å². The highest BCUT2D eigenvalue weighted by atomic mass is 14.5. The van der Waals surface area contributed by atoms with Crippen molar-refractivity contribution in [2.45, 2.75) is 135 Å². The van der Waals surface area contributed by atoms with Gasteiger partial charge in [0.2, 0.25) is 0 Å². The lowest BCUT2D eigenvalue weighted by atomic mass is 9.59. The largest absolute Gasteiger partial charge is 0.198 e. The molecule has 0 aliphatic heterocycles. The van der Waals surface area contributed by atoms with Crippen molar-refractivity contribution < 1.29 is 0 Å². The van der Waals surface area contributed by atoms with Crippen molar-refractivity contribution in [3.05, 3.63) is 60.2 Å². The van der Waals surface area contributed by atoms with Crippen LogP contribution in [0.25, 0.3) is 0 Å². The molecule has 0 heterocycles. The molecule has 0 unspecified atom stereocenters. The molecule has 1 fully saturated rings. The third kappa shape index (κ3) is 8.36. The summed E-state index contributed by atoms with van der Waals surface area (Å²) < 4.78 is 0. The maximum atomic E-state index is 10.1. The molecular formula is C35H53N. The average Bonchev–Trinajstić information content (AvgIpc) is 2.93. The average molecular weight is 488 g/mol. The molecule has 0 radical (unpaired) electrons. The molecule has 2 aliphatic carbocycles. The summed E-state index contributed by atoms with van der Waals surface area (Å²) in [5, 5.41) is 10.1. The van der Waals surface area contributed by atoms with Crippen molar-refractivity contribution in [1.82, 2.24) is 0 Å². The zero-order valence-corrected chi connectivity index (χ0v) is 23.5. The monoisotopic (exact) mass is 487 g/mol. The van der Waals surface area contributed by atoms with Crippen molar-refractivity contribution in [1.29, 1.82) is 5.26 Å². The van der Waals surface area contributed by atoms with Crippen LogP contribution in [0.1, 0.15) is 141 Å². The van der Waals surface area contributed by atoms with Crippen LogP contribution in [0.5, 0.6) is 0 Å². The van der Waals surface area contributed by atoms with Gasteiger partial charge in [-0.1, -0.05) is 146 Å². The number of rotatable bonds is 16. The van der Waals surface area contributed by atoms with Gasteiger partial charge >= 0.3 is 0 Å². The maximum absolute atomic E-state index is 10.1. The van der Waals surface area contributed by atoms with E-state index in [1.165, 1.54) is 102 Å². The molecule has 0 spiro atoms. The summed E-state index contributed by atoms with van der Waals surface area (Å²) in [5.74, 6) is 1.08. The Morgan fingerprint density at radius 1 is 0.722 bits per heavy atom. The van der Waals surface area contributed by atoms with Gasteiger partial charge in [-0.05, 0) is 50.0 Å². The summed E-state index contributed by atoms with van der Waals surface area (Å²) in [4.78, 5) is 0. The quantitative estimate of drug-likeness (QED) is 0.168. The number of nitriles is 1. The molecule has 2 aliphatic rings. The second kappa shape index (κ2) is 15.4. The summed E-state index contributed by atoms with van der Waals surface area (Å²) in [5.41, 5.74) is 1.53.